The van der Waals surface area contributed by atoms with Gasteiger partial charge < -0.3 is 24.4 Å². The molecule has 0 saturated carbocycles. The Bertz CT molecular complexity index is 1510. The van der Waals surface area contributed by atoms with Crippen LogP contribution < -0.4 is 19.7 Å². The summed E-state index contributed by atoms with van der Waals surface area (Å²) >= 11 is 0. The summed E-state index contributed by atoms with van der Waals surface area (Å²) in [4.78, 5) is 15.2. The summed E-state index contributed by atoms with van der Waals surface area (Å²) in [5.41, 5.74) is 1.65. The maximum absolute atomic E-state index is 13.1. The Balaban J connectivity index is 1.45. The molecule has 43 heavy (non-hydrogen) atoms. The van der Waals surface area contributed by atoms with Crippen molar-refractivity contribution in [1.82, 2.24) is 5.32 Å². The summed E-state index contributed by atoms with van der Waals surface area (Å²) in [6, 6.07) is 20.9. The number of hydrogen-bond acceptors (Lipinski definition) is 8. The molecule has 3 aromatic carbocycles. The van der Waals surface area contributed by atoms with Crippen LogP contribution in [0.25, 0.3) is 0 Å². The SMILES string of the molecule is CCS(=O)(=O)c1ccc([C@H](CC#N)NC(=O)c2ccc(N3C[C@@H](Oc4ccc(OC)cc4)C[C@H]3COC(F)F)cc2)cc1. The van der Waals surface area contributed by atoms with E-state index in [0.29, 0.717) is 41.3 Å². The normalized spacial score (nSPS) is 17.3. The molecule has 228 valence electrons. The van der Waals surface area contributed by atoms with E-state index in [0.717, 1.165) is 0 Å². The molecule has 1 heterocycles. The number of benzene rings is 3. The van der Waals surface area contributed by atoms with E-state index >= 15 is 0 Å². The molecule has 0 bridgehead atoms. The molecule has 0 aromatic heterocycles. The van der Waals surface area contributed by atoms with E-state index in [1.165, 1.54) is 12.1 Å². The molecule has 1 saturated heterocycles. The van der Waals surface area contributed by atoms with E-state index in [2.05, 4.69) is 16.1 Å². The number of anilines is 1. The summed E-state index contributed by atoms with van der Waals surface area (Å²) in [5, 5.41) is 12.2. The Hall–Kier alpha value is -4.21. The molecule has 3 aromatic rings. The number of nitriles is 1. The van der Waals surface area contributed by atoms with Gasteiger partial charge in [-0.15, -0.1) is 0 Å². The zero-order valence-electron chi connectivity index (χ0n) is 23.8. The minimum absolute atomic E-state index is 0.0150. The second-order valence-corrected chi connectivity index (χ2v) is 12.2. The Labute approximate surface area is 249 Å². The first kappa shape index (κ1) is 31.7. The third-order valence-electron chi connectivity index (χ3n) is 7.24. The Morgan fingerprint density at radius 1 is 1.05 bits per heavy atom. The Morgan fingerprint density at radius 3 is 2.28 bits per heavy atom. The zero-order valence-corrected chi connectivity index (χ0v) is 24.6. The molecule has 9 nitrogen and oxygen atoms in total. The fourth-order valence-electron chi connectivity index (χ4n) is 4.93. The van der Waals surface area contributed by atoms with Crippen LogP contribution in [0.1, 0.15) is 41.7 Å². The standard InChI is InChI=1S/C31H33F2N3O6S/c1-3-43(38,39)28-14-6-21(7-15-28)29(16-17-34)35-30(37)22-4-8-23(9-5-22)36-19-27(18-24(36)20-41-31(32)33)42-26-12-10-25(40-2)11-13-26/h4-15,24,27,29,31H,3,16,18-20H2,1-2H3,(H,35,37)/t24-,27-,29-/m0/s1. The molecular formula is C31H33F2N3O6S. The van der Waals surface area contributed by atoms with Crippen LogP contribution in [0.4, 0.5) is 14.5 Å². The third kappa shape index (κ3) is 8.21. The second-order valence-electron chi connectivity index (χ2n) is 9.96. The van der Waals surface area contributed by atoms with Gasteiger partial charge in [-0.25, -0.2) is 8.42 Å². The molecule has 0 spiro atoms. The van der Waals surface area contributed by atoms with Crippen molar-refractivity contribution in [3.8, 4) is 17.6 Å². The number of nitrogens with one attached hydrogen (secondary N) is 1. The minimum Gasteiger partial charge on any atom is -0.497 e. The molecule has 1 aliphatic heterocycles. The molecule has 4 rings (SSSR count). The van der Waals surface area contributed by atoms with Gasteiger partial charge in [-0.1, -0.05) is 19.1 Å². The average Bonchev–Trinajstić information content (AvgIpc) is 3.42. The van der Waals surface area contributed by atoms with Gasteiger partial charge in [0.25, 0.3) is 5.91 Å². The van der Waals surface area contributed by atoms with Crippen LogP contribution in [-0.4, -0.2) is 59.1 Å². The number of halogens is 2. The number of alkyl halides is 2. The van der Waals surface area contributed by atoms with Crippen molar-refractivity contribution in [3.63, 3.8) is 0 Å². The van der Waals surface area contributed by atoms with Crippen LogP contribution in [0.2, 0.25) is 0 Å². The van der Waals surface area contributed by atoms with E-state index in [1.807, 2.05) is 4.90 Å². The van der Waals surface area contributed by atoms with E-state index in [4.69, 9.17) is 9.47 Å². The molecular weight excluding hydrogens is 580 g/mol. The molecule has 1 amide bonds. The monoisotopic (exact) mass is 613 g/mol. The van der Waals surface area contributed by atoms with Crippen LogP contribution in [0.3, 0.4) is 0 Å². The number of nitrogens with zero attached hydrogens (tertiary/aromatic N) is 2. The first-order valence-corrected chi connectivity index (χ1v) is 15.4. The lowest BCUT2D eigenvalue weighted by Gasteiger charge is -2.26. The second kappa shape index (κ2) is 14.3. The number of ether oxygens (including phenoxy) is 3. The summed E-state index contributed by atoms with van der Waals surface area (Å²) in [7, 11) is -1.81. The quantitative estimate of drug-likeness (QED) is 0.282. The predicted molar refractivity (Wildman–Crippen MR) is 156 cm³/mol. The first-order chi connectivity index (χ1) is 20.6. The number of sulfone groups is 1. The summed E-state index contributed by atoms with van der Waals surface area (Å²) < 4.78 is 65.9. The van der Waals surface area contributed by atoms with Crippen molar-refractivity contribution in [1.29, 1.82) is 5.26 Å². The zero-order chi connectivity index (χ0) is 31.0. The van der Waals surface area contributed by atoms with E-state index in [9.17, 15) is 27.3 Å². The number of amides is 1. The first-order valence-electron chi connectivity index (χ1n) is 13.7. The Kier molecular flexibility index (Phi) is 10.6. The lowest BCUT2D eigenvalue weighted by molar-refractivity contribution is -0.131. The minimum atomic E-state index is -3.38. The van der Waals surface area contributed by atoms with Crippen LogP contribution in [0, 0.1) is 11.3 Å². The highest BCUT2D eigenvalue weighted by Gasteiger charge is 2.34. The maximum atomic E-state index is 13.1. The van der Waals surface area contributed by atoms with Gasteiger partial charge in [0.2, 0.25) is 0 Å². The van der Waals surface area contributed by atoms with Gasteiger partial charge in [-0.3, -0.25) is 4.79 Å². The van der Waals surface area contributed by atoms with Crippen molar-refractivity contribution >= 4 is 21.4 Å². The van der Waals surface area contributed by atoms with Crippen LogP contribution in [0.15, 0.2) is 77.7 Å². The molecule has 1 fully saturated rings. The third-order valence-corrected chi connectivity index (χ3v) is 8.99. The largest absolute Gasteiger partial charge is 0.497 e. The summed E-state index contributed by atoms with van der Waals surface area (Å²) in [6.45, 7) is -1.12. The smallest absolute Gasteiger partial charge is 0.345 e. The van der Waals surface area contributed by atoms with E-state index in [-0.39, 0.29) is 35.8 Å². The van der Waals surface area contributed by atoms with Crippen LogP contribution in [-0.2, 0) is 14.6 Å². The highest BCUT2D eigenvalue weighted by molar-refractivity contribution is 7.91. The lowest BCUT2D eigenvalue weighted by atomic mass is 10.0. The number of rotatable bonds is 13. The number of hydrogen-bond donors (Lipinski definition) is 1. The summed E-state index contributed by atoms with van der Waals surface area (Å²) in [6.07, 6.45) is 0.154. The molecule has 0 radical (unpaired) electrons. The van der Waals surface area contributed by atoms with Crippen molar-refractivity contribution < 1.29 is 36.2 Å². The molecule has 1 N–H and O–H groups in total. The van der Waals surface area contributed by atoms with Crippen molar-refractivity contribution in [3.05, 3.63) is 83.9 Å². The molecule has 1 aliphatic rings. The predicted octanol–water partition coefficient (Wildman–Crippen LogP) is 5.14. The van der Waals surface area contributed by atoms with Gasteiger partial charge in [0, 0.05) is 17.7 Å². The fourth-order valence-corrected chi connectivity index (χ4v) is 5.81. The fraction of sp³-hybridized carbons (Fsp3) is 0.355. The number of carbonyl (C=O) groups excluding carboxylic acids is 1. The van der Waals surface area contributed by atoms with Gasteiger partial charge in [0.15, 0.2) is 9.84 Å². The molecule has 0 unspecified atom stereocenters. The maximum Gasteiger partial charge on any atom is 0.345 e. The van der Waals surface area contributed by atoms with E-state index < -0.39 is 28.4 Å². The van der Waals surface area contributed by atoms with Gasteiger partial charge in [-0.2, -0.15) is 14.0 Å². The van der Waals surface area contributed by atoms with Gasteiger partial charge in [0.05, 0.1) is 55.5 Å². The van der Waals surface area contributed by atoms with Crippen molar-refractivity contribution in [2.75, 3.05) is 30.9 Å². The molecule has 0 aliphatic carbocycles. The van der Waals surface area contributed by atoms with Crippen molar-refractivity contribution in [2.24, 2.45) is 0 Å². The highest BCUT2D eigenvalue weighted by Crippen LogP contribution is 2.30. The number of carbonyl (C=O) groups is 1. The highest BCUT2D eigenvalue weighted by atomic mass is 32.2. The summed E-state index contributed by atoms with van der Waals surface area (Å²) in [5.74, 6) is 0.861. The van der Waals surface area contributed by atoms with Gasteiger partial charge in [-0.05, 0) is 66.2 Å². The molecule has 3 atom stereocenters. The van der Waals surface area contributed by atoms with E-state index in [1.54, 1.807) is 74.7 Å². The van der Waals surface area contributed by atoms with Crippen molar-refractivity contribution in [2.45, 2.75) is 49.5 Å². The van der Waals surface area contributed by atoms with Gasteiger partial charge >= 0.3 is 6.61 Å². The average molecular weight is 614 g/mol. The Morgan fingerprint density at radius 2 is 1.70 bits per heavy atom. The van der Waals surface area contributed by atoms with Crippen LogP contribution >= 0.6 is 0 Å². The number of methoxy groups -OCH3 is 1. The lowest BCUT2D eigenvalue weighted by Crippen LogP contribution is -2.34. The van der Waals surface area contributed by atoms with Gasteiger partial charge in [0.1, 0.15) is 17.6 Å². The van der Waals surface area contributed by atoms with Crippen LogP contribution in [0.5, 0.6) is 11.5 Å². The molecule has 12 heteroatoms. The topological polar surface area (TPSA) is 118 Å².